The topological polar surface area (TPSA) is 75.9 Å². The Morgan fingerprint density at radius 2 is 1.89 bits per heavy atom. The van der Waals surface area contributed by atoms with Crippen LogP contribution in [0.5, 0.6) is 0 Å². The van der Waals surface area contributed by atoms with Crippen LogP contribution in [-0.4, -0.2) is 16.5 Å². The minimum absolute atomic E-state index is 0.0905. The van der Waals surface area contributed by atoms with Gasteiger partial charge in [-0.25, -0.2) is 15.8 Å². The fourth-order valence-electron chi connectivity index (χ4n) is 1.64. The zero-order valence-electron chi connectivity index (χ0n) is 11.7. The number of hydrogen-bond donors (Lipinski definition) is 3. The lowest BCUT2D eigenvalue weighted by Gasteiger charge is -2.19. The summed E-state index contributed by atoms with van der Waals surface area (Å²) in [4.78, 5) is 8.96. The largest absolute Gasteiger partial charge is 0.369 e. The molecule has 0 radical (unpaired) electrons. The lowest BCUT2D eigenvalue weighted by molar-refractivity contribution is 0.545. The summed E-state index contributed by atoms with van der Waals surface area (Å²) in [7, 11) is 0. The highest BCUT2D eigenvalue weighted by atomic mass is 15.3. The fraction of sp³-hybridized carbons (Fsp3) is 0.692. The summed E-state index contributed by atoms with van der Waals surface area (Å²) in [5.74, 6) is 7.74. The SMILES string of the molecule is CC1(CNc2cc(NN)nc(C(C)(C)C)n2)CC1. The van der Waals surface area contributed by atoms with E-state index >= 15 is 0 Å². The van der Waals surface area contributed by atoms with Crippen molar-refractivity contribution in [1.29, 1.82) is 0 Å². The molecule has 5 nitrogen and oxygen atoms in total. The average Bonchev–Trinajstić information content (AvgIpc) is 3.04. The summed E-state index contributed by atoms with van der Waals surface area (Å²) in [6.45, 7) is 9.52. The van der Waals surface area contributed by atoms with E-state index in [0.29, 0.717) is 11.2 Å². The second-order valence-corrected chi connectivity index (χ2v) is 6.52. The minimum atomic E-state index is -0.0905. The highest BCUT2D eigenvalue weighted by Crippen LogP contribution is 2.44. The first-order valence-corrected chi connectivity index (χ1v) is 6.42. The van der Waals surface area contributed by atoms with Crippen molar-refractivity contribution >= 4 is 11.6 Å². The Morgan fingerprint density at radius 3 is 2.39 bits per heavy atom. The van der Waals surface area contributed by atoms with Gasteiger partial charge in [0.05, 0.1) is 0 Å². The Hall–Kier alpha value is -1.36. The molecule has 1 aliphatic carbocycles. The van der Waals surface area contributed by atoms with Gasteiger partial charge in [-0.1, -0.05) is 27.7 Å². The summed E-state index contributed by atoms with van der Waals surface area (Å²) in [5, 5.41) is 3.39. The molecule has 1 aromatic rings. The van der Waals surface area contributed by atoms with E-state index in [4.69, 9.17) is 5.84 Å². The number of aromatic nitrogens is 2. The number of hydrogen-bond acceptors (Lipinski definition) is 5. The third kappa shape index (κ3) is 3.10. The number of nitrogens with one attached hydrogen (secondary N) is 2. The minimum Gasteiger partial charge on any atom is -0.369 e. The van der Waals surface area contributed by atoms with Gasteiger partial charge in [0.25, 0.3) is 0 Å². The normalized spacial score (nSPS) is 17.4. The van der Waals surface area contributed by atoms with Crippen LogP contribution >= 0.6 is 0 Å². The Bertz CT molecular complexity index is 431. The van der Waals surface area contributed by atoms with Gasteiger partial charge in [0.1, 0.15) is 17.5 Å². The third-order valence-corrected chi connectivity index (χ3v) is 3.34. The standard InChI is InChI=1S/C13H23N5/c1-12(2,3)11-16-9(7-10(17-11)18-14)15-8-13(4)5-6-13/h7H,5-6,8,14H2,1-4H3,(H2,15,16,17,18). The highest BCUT2D eigenvalue weighted by Gasteiger charge is 2.36. The van der Waals surface area contributed by atoms with E-state index in [1.807, 2.05) is 6.07 Å². The van der Waals surface area contributed by atoms with Crippen molar-refractivity contribution in [1.82, 2.24) is 9.97 Å². The summed E-state index contributed by atoms with van der Waals surface area (Å²) in [6.07, 6.45) is 2.58. The second-order valence-electron chi connectivity index (χ2n) is 6.52. The van der Waals surface area contributed by atoms with Crippen LogP contribution in [0, 0.1) is 5.41 Å². The van der Waals surface area contributed by atoms with E-state index in [0.717, 1.165) is 18.2 Å². The fourth-order valence-corrected chi connectivity index (χ4v) is 1.64. The van der Waals surface area contributed by atoms with Crippen LogP contribution in [0.4, 0.5) is 11.6 Å². The van der Waals surface area contributed by atoms with Crippen molar-refractivity contribution in [3.8, 4) is 0 Å². The molecule has 0 aromatic carbocycles. The lowest BCUT2D eigenvalue weighted by Crippen LogP contribution is -2.21. The molecule has 2 rings (SSSR count). The number of nitrogens with two attached hydrogens (primary N) is 1. The van der Waals surface area contributed by atoms with Gasteiger partial charge in [0, 0.05) is 18.0 Å². The van der Waals surface area contributed by atoms with Crippen LogP contribution < -0.4 is 16.6 Å². The van der Waals surface area contributed by atoms with E-state index in [1.165, 1.54) is 12.8 Å². The van der Waals surface area contributed by atoms with Gasteiger partial charge in [0.15, 0.2) is 0 Å². The van der Waals surface area contributed by atoms with Crippen molar-refractivity contribution in [2.45, 2.75) is 46.0 Å². The van der Waals surface area contributed by atoms with E-state index in [1.54, 1.807) is 0 Å². The molecule has 0 amide bonds. The second kappa shape index (κ2) is 4.39. The molecule has 1 fully saturated rings. The summed E-state index contributed by atoms with van der Waals surface area (Å²) >= 11 is 0. The first-order valence-electron chi connectivity index (χ1n) is 6.42. The molecule has 0 spiro atoms. The predicted octanol–water partition coefficient (Wildman–Crippen LogP) is 2.27. The van der Waals surface area contributed by atoms with Crippen LogP contribution in [0.25, 0.3) is 0 Å². The summed E-state index contributed by atoms with van der Waals surface area (Å²) < 4.78 is 0. The maximum atomic E-state index is 5.46. The van der Waals surface area contributed by atoms with Gasteiger partial charge >= 0.3 is 0 Å². The van der Waals surface area contributed by atoms with Crippen molar-refractivity contribution in [2.24, 2.45) is 11.3 Å². The Labute approximate surface area is 109 Å². The smallest absolute Gasteiger partial charge is 0.145 e. The van der Waals surface area contributed by atoms with Gasteiger partial charge < -0.3 is 10.7 Å². The molecular weight excluding hydrogens is 226 g/mol. The molecule has 0 saturated heterocycles. The predicted molar refractivity (Wildman–Crippen MR) is 74.4 cm³/mol. The highest BCUT2D eigenvalue weighted by molar-refractivity contribution is 5.47. The number of rotatable bonds is 4. The third-order valence-electron chi connectivity index (χ3n) is 3.34. The van der Waals surface area contributed by atoms with Gasteiger partial charge in [0.2, 0.25) is 0 Å². The average molecular weight is 249 g/mol. The molecule has 1 aliphatic rings. The molecule has 1 saturated carbocycles. The van der Waals surface area contributed by atoms with Gasteiger partial charge in [-0.15, -0.1) is 0 Å². The lowest BCUT2D eigenvalue weighted by atomic mass is 9.96. The zero-order chi connectivity index (χ0) is 13.4. The van der Waals surface area contributed by atoms with Crippen molar-refractivity contribution in [3.63, 3.8) is 0 Å². The molecule has 5 heteroatoms. The molecular formula is C13H23N5. The summed E-state index contributed by atoms with van der Waals surface area (Å²) in [5.41, 5.74) is 2.96. The van der Waals surface area contributed by atoms with Crippen LogP contribution in [0.2, 0.25) is 0 Å². The zero-order valence-corrected chi connectivity index (χ0v) is 11.7. The Balaban J connectivity index is 2.18. The molecule has 18 heavy (non-hydrogen) atoms. The van der Waals surface area contributed by atoms with Crippen molar-refractivity contribution in [2.75, 3.05) is 17.3 Å². The van der Waals surface area contributed by atoms with Crippen LogP contribution in [0.1, 0.15) is 46.4 Å². The maximum Gasteiger partial charge on any atom is 0.145 e. The number of nitrogens with zero attached hydrogens (tertiary/aromatic N) is 2. The van der Waals surface area contributed by atoms with Crippen molar-refractivity contribution in [3.05, 3.63) is 11.9 Å². The molecule has 0 unspecified atom stereocenters. The van der Waals surface area contributed by atoms with Crippen LogP contribution in [0.15, 0.2) is 6.07 Å². The van der Waals surface area contributed by atoms with Crippen molar-refractivity contribution < 1.29 is 0 Å². The number of nitrogen functional groups attached to an aromatic ring is 1. The van der Waals surface area contributed by atoms with E-state index in [9.17, 15) is 0 Å². The molecule has 100 valence electrons. The van der Waals surface area contributed by atoms with Gasteiger partial charge in [-0.05, 0) is 18.3 Å². The molecule has 1 aromatic heterocycles. The van der Waals surface area contributed by atoms with Crippen LogP contribution in [-0.2, 0) is 5.41 Å². The van der Waals surface area contributed by atoms with Gasteiger partial charge in [-0.3, -0.25) is 0 Å². The first kappa shape index (κ1) is 13.1. The quantitative estimate of drug-likeness (QED) is 0.564. The summed E-state index contributed by atoms with van der Waals surface area (Å²) in [6, 6.07) is 1.85. The van der Waals surface area contributed by atoms with E-state index in [-0.39, 0.29) is 5.41 Å². The van der Waals surface area contributed by atoms with Gasteiger partial charge in [-0.2, -0.15) is 0 Å². The Morgan fingerprint density at radius 1 is 1.28 bits per heavy atom. The number of anilines is 2. The van der Waals surface area contributed by atoms with Crippen LogP contribution in [0.3, 0.4) is 0 Å². The monoisotopic (exact) mass is 249 g/mol. The Kier molecular flexibility index (Phi) is 3.19. The molecule has 0 bridgehead atoms. The molecule has 0 atom stereocenters. The molecule has 0 aliphatic heterocycles. The van der Waals surface area contributed by atoms with E-state index < -0.39 is 0 Å². The maximum absolute atomic E-state index is 5.46. The molecule has 4 N–H and O–H groups in total. The first-order chi connectivity index (χ1) is 8.32. The number of hydrazine groups is 1. The van der Waals surface area contributed by atoms with E-state index in [2.05, 4.69) is 48.4 Å². The molecule has 1 heterocycles.